The summed E-state index contributed by atoms with van der Waals surface area (Å²) in [5.74, 6) is 8.20. The lowest BCUT2D eigenvalue weighted by Crippen LogP contribution is -2.35. The minimum Gasteiger partial charge on any atom is -0.493 e. The number of ether oxygens (including phenoxy) is 1. The Labute approximate surface area is 185 Å². The number of benzene rings is 1. The third kappa shape index (κ3) is 3.76. The fourth-order valence-electron chi connectivity index (χ4n) is 4.15. The lowest BCUT2D eigenvalue weighted by molar-refractivity contribution is 0.271. The predicted molar refractivity (Wildman–Crippen MR) is 121 cm³/mol. The highest BCUT2D eigenvalue weighted by Crippen LogP contribution is 2.34. The second kappa shape index (κ2) is 8.52. The molecule has 4 aromatic rings. The Hall–Kier alpha value is -3.56. The van der Waals surface area contributed by atoms with Crippen molar-refractivity contribution in [1.29, 1.82) is 0 Å². The first-order valence-corrected chi connectivity index (χ1v) is 10.7. The number of hydrogen-bond acceptors (Lipinski definition) is 8. The summed E-state index contributed by atoms with van der Waals surface area (Å²) in [5.41, 5.74) is 4.72. The summed E-state index contributed by atoms with van der Waals surface area (Å²) in [5, 5.41) is 16.0. The molecule has 0 radical (unpaired) electrons. The Bertz CT molecular complexity index is 1260. The first-order chi connectivity index (χ1) is 15.6. The lowest BCUT2D eigenvalue weighted by Gasteiger charge is -2.23. The number of fused-ring (bicyclic) bond motifs is 2. The molecule has 1 aromatic carbocycles. The molecular weight excluding hydrogens is 406 g/mol. The molecular formula is C23H25N7O2. The van der Waals surface area contributed by atoms with E-state index >= 15 is 0 Å². The Morgan fingerprint density at radius 1 is 1.22 bits per heavy atom. The topological polar surface area (TPSA) is 115 Å². The molecule has 3 N–H and O–H groups in total. The molecule has 1 atom stereocenters. The van der Waals surface area contributed by atoms with Crippen LogP contribution in [0.3, 0.4) is 0 Å². The van der Waals surface area contributed by atoms with Crippen molar-refractivity contribution in [3.05, 3.63) is 60.2 Å². The van der Waals surface area contributed by atoms with Gasteiger partial charge < -0.3 is 9.84 Å². The fourth-order valence-corrected chi connectivity index (χ4v) is 4.15. The van der Waals surface area contributed by atoms with Crippen molar-refractivity contribution in [2.75, 3.05) is 24.8 Å². The molecule has 3 aromatic heterocycles. The zero-order valence-electron chi connectivity index (χ0n) is 17.8. The summed E-state index contributed by atoms with van der Waals surface area (Å²) in [4.78, 5) is 13.3. The molecule has 0 fully saturated rings. The number of aliphatic hydroxyl groups is 1. The normalized spacial score (nSPS) is 13.7. The van der Waals surface area contributed by atoms with E-state index in [4.69, 9.17) is 15.7 Å². The first-order valence-electron chi connectivity index (χ1n) is 10.7. The Balaban J connectivity index is 1.37. The van der Waals surface area contributed by atoms with Crippen molar-refractivity contribution < 1.29 is 9.84 Å². The van der Waals surface area contributed by atoms with Crippen LogP contribution in [0.4, 0.5) is 5.82 Å². The maximum atomic E-state index is 9.16. The van der Waals surface area contributed by atoms with Crippen LogP contribution in [0, 0.1) is 0 Å². The molecule has 0 aliphatic carbocycles. The van der Waals surface area contributed by atoms with Crippen LogP contribution in [-0.2, 0) is 13.0 Å². The molecule has 0 amide bonds. The molecule has 1 aliphatic heterocycles. The predicted octanol–water partition coefficient (Wildman–Crippen LogP) is 2.30. The van der Waals surface area contributed by atoms with Crippen LogP contribution in [-0.4, -0.2) is 49.6 Å². The van der Waals surface area contributed by atoms with Gasteiger partial charge >= 0.3 is 0 Å². The van der Waals surface area contributed by atoms with Crippen molar-refractivity contribution in [3.63, 3.8) is 0 Å². The SMILES string of the molecule is CC(CN(N)c1cc(-c2cnc3c(cnn3CCO)c2)ncn1)c1cccc2c1OCC2. The molecule has 4 heterocycles. The van der Waals surface area contributed by atoms with Crippen molar-refractivity contribution in [1.82, 2.24) is 24.7 Å². The maximum absolute atomic E-state index is 9.16. The highest BCUT2D eigenvalue weighted by Gasteiger charge is 2.21. The van der Waals surface area contributed by atoms with E-state index in [1.807, 2.05) is 12.1 Å². The molecule has 164 valence electrons. The van der Waals surface area contributed by atoms with Crippen LogP contribution in [0.1, 0.15) is 24.0 Å². The van der Waals surface area contributed by atoms with Crippen molar-refractivity contribution in [2.24, 2.45) is 5.84 Å². The smallest absolute Gasteiger partial charge is 0.157 e. The average molecular weight is 432 g/mol. The molecule has 1 unspecified atom stereocenters. The summed E-state index contributed by atoms with van der Waals surface area (Å²) in [7, 11) is 0. The second-order valence-corrected chi connectivity index (χ2v) is 7.98. The third-order valence-corrected chi connectivity index (χ3v) is 5.78. The van der Waals surface area contributed by atoms with E-state index in [-0.39, 0.29) is 12.5 Å². The standard InChI is InChI=1S/C23H25N7O2/c1-15(19-4-2-3-16-5-8-32-22(16)19)13-29(24)21-10-20(26-14-27-21)17-9-18-12-28-30(6-7-31)23(18)25-11-17/h2-4,9-12,14-15,31H,5-8,13,24H2,1H3. The molecule has 1 aliphatic rings. The van der Waals surface area contributed by atoms with Gasteiger partial charge in [-0.25, -0.2) is 25.5 Å². The Kier molecular flexibility index (Phi) is 5.42. The fraction of sp³-hybridized carbons (Fsp3) is 0.304. The maximum Gasteiger partial charge on any atom is 0.157 e. The van der Waals surface area contributed by atoms with Crippen molar-refractivity contribution >= 4 is 16.9 Å². The molecule has 0 spiro atoms. The highest BCUT2D eigenvalue weighted by molar-refractivity contribution is 5.80. The Morgan fingerprint density at radius 2 is 2.12 bits per heavy atom. The van der Waals surface area contributed by atoms with Gasteiger partial charge in [0.15, 0.2) is 5.65 Å². The van der Waals surface area contributed by atoms with E-state index in [0.29, 0.717) is 18.9 Å². The van der Waals surface area contributed by atoms with Gasteiger partial charge in [-0.15, -0.1) is 0 Å². The van der Waals surface area contributed by atoms with Crippen LogP contribution in [0.25, 0.3) is 22.3 Å². The number of anilines is 1. The van der Waals surface area contributed by atoms with Gasteiger partial charge in [0, 0.05) is 42.1 Å². The zero-order valence-corrected chi connectivity index (χ0v) is 17.8. The first kappa shape index (κ1) is 20.3. The van der Waals surface area contributed by atoms with E-state index < -0.39 is 0 Å². The molecule has 9 nitrogen and oxygen atoms in total. The third-order valence-electron chi connectivity index (χ3n) is 5.78. The highest BCUT2D eigenvalue weighted by atomic mass is 16.5. The van der Waals surface area contributed by atoms with Gasteiger partial charge in [-0.3, -0.25) is 5.01 Å². The molecule has 9 heteroatoms. The molecule has 0 bridgehead atoms. The number of rotatable bonds is 7. The van der Waals surface area contributed by atoms with E-state index in [2.05, 4.69) is 45.2 Å². The molecule has 5 rings (SSSR count). The van der Waals surface area contributed by atoms with Gasteiger partial charge in [-0.2, -0.15) is 5.10 Å². The van der Waals surface area contributed by atoms with Crippen LogP contribution < -0.4 is 15.6 Å². The van der Waals surface area contributed by atoms with Gasteiger partial charge in [0.1, 0.15) is 17.9 Å². The van der Waals surface area contributed by atoms with E-state index in [0.717, 1.165) is 41.1 Å². The molecule has 0 saturated heterocycles. The lowest BCUT2D eigenvalue weighted by atomic mass is 9.97. The van der Waals surface area contributed by atoms with Gasteiger partial charge in [-0.05, 0) is 17.2 Å². The van der Waals surface area contributed by atoms with Crippen LogP contribution in [0.15, 0.2) is 49.1 Å². The molecule has 0 saturated carbocycles. The number of pyridine rings is 1. The second-order valence-electron chi connectivity index (χ2n) is 7.98. The van der Waals surface area contributed by atoms with Gasteiger partial charge in [0.25, 0.3) is 0 Å². The summed E-state index contributed by atoms with van der Waals surface area (Å²) < 4.78 is 7.53. The largest absolute Gasteiger partial charge is 0.493 e. The van der Waals surface area contributed by atoms with E-state index in [1.54, 1.807) is 22.1 Å². The van der Waals surface area contributed by atoms with Crippen molar-refractivity contribution in [3.8, 4) is 17.0 Å². The van der Waals surface area contributed by atoms with Gasteiger partial charge in [0.2, 0.25) is 0 Å². The number of aliphatic hydroxyl groups excluding tert-OH is 1. The number of nitrogens with zero attached hydrogens (tertiary/aromatic N) is 6. The summed E-state index contributed by atoms with van der Waals surface area (Å²) in [6.45, 7) is 3.88. The monoisotopic (exact) mass is 431 g/mol. The summed E-state index contributed by atoms with van der Waals surface area (Å²) in [6, 6.07) is 10.1. The minimum absolute atomic E-state index is 0.0121. The molecule has 32 heavy (non-hydrogen) atoms. The number of hydrogen-bond donors (Lipinski definition) is 2. The number of nitrogens with two attached hydrogens (primary N) is 1. The van der Waals surface area contributed by atoms with E-state index in [9.17, 15) is 0 Å². The van der Waals surface area contributed by atoms with Crippen molar-refractivity contribution in [2.45, 2.75) is 25.8 Å². The number of para-hydroxylation sites is 1. The van der Waals surface area contributed by atoms with Gasteiger partial charge in [-0.1, -0.05) is 25.1 Å². The zero-order chi connectivity index (χ0) is 22.1. The van der Waals surface area contributed by atoms with E-state index in [1.165, 1.54) is 17.5 Å². The average Bonchev–Trinajstić information content (AvgIpc) is 3.46. The number of hydrazine groups is 1. The Morgan fingerprint density at radius 3 is 3.00 bits per heavy atom. The number of aromatic nitrogens is 5. The van der Waals surface area contributed by atoms with Gasteiger partial charge in [0.05, 0.1) is 31.6 Å². The minimum atomic E-state index is 0.0121. The van der Waals surface area contributed by atoms with Crippen LogP contribution >= 0.6 is 0 Å². The summed E-state index contributed by atoms with van der Waals surface area (Å²) in [6.07, 6.45) is 5.95. The quantitative estimate of drug-likeness (QED) is 0.338. The van der Waals surface area contributed by atoms with Crippen LogP contribution in [0.2, 0.25) is 0 Å². The van der Waals surface area contributed by atoms with Crippen LogP contribution in [0.5, 0.6) is 5.75 Å². The summed E-state index contributed by atoms with van der Waals surface area (Å²) >= 11 is 0.